The first kappa shape index (κ1) is 20.3. The lowest BCUT2D eigenvalue weighted by molar-refractivity contribution is -0.116. The molecule has 0 saturated carbocycles. The van der Waals surface area contributed by atoms with E-state index in [1.807, 2.05) is 44.2 Å². The van der Waals surface area contributed by atoms with E-state index in [0.29, 0.717) is 16.9 Å². The molecular formula is C22H22N6O3. The number of aromatic nitrogens is 5. The third-order valence-electron chi connectivity index (χ3n) is 4.74. The minimum atomic E-state index is -0.465. The van der Waals surface area contributed by atoms with Gasteiger partial charge in [0.1, 0.15) is 12.1 Å². The molecule has 0 atom stereocenters. The molecule has 0 aliphatic rings. The molecule has 0 radical (unpaired) electrons. The molecule has 0 unspecified atom stereocenters. The number of amides is 1. The Bertz CT molecular complexity index is 1270. The van der Waals surface area contributed by atoms with E-state index in [1.165, 1.54) is 6.20 Å². The zero-order valence-corrected chi connectivity index (χ0v) is 17.5. The van der Waals surface area contributed by atoms with Gasteiger partial charge in [0.05, 0.1) is 24.2 Å². The van der Waals surface area contributed by atoms with Gasteiger partial charge in [0, 0.05) is 23.1 Å². The maximum atomic E-state index is 12.5. The van der Waals surface area contributed by atoms with Crippen molar-refractivity contribution in [3.05, 3.63) is 65.7 Å². The summed E-state index contributed by atoms with van der Waals surface area (Å²) in [6.45, 7) is 5.96. The number of nitrogens with zero attached hydrogens (tertiary/aromatic N) is 5. The maximum Gasteiger partial charge on any atom is 0.343 e. The number of anilines is 1. The van der Waals surface area contributed by atoms with Crippen LogP contribution in [0, 0.1) is 13.8 Å². The Morgan fingerprint density at radius 1 is 1.16 bits per heavy atom. The molecule has 0 aliphatic carbocycles. The fourth-order valence-electron chi connectivity index (χ4n) is 3.39. The molecule has 1 amide bonds. The summed E-state index contributed by atoms with van der Waals surface area (Å²) in [4.78, 5) is 28.9. The van der Waals surface area contributed by atoms with Crippen molar-refractivity contribution in [2.24, 2.45) is 0 Å². The molecule has 0 spiro atoms. The second-order valence-electron chi connectivity index (χ2n) is 7.06. The van der Waals surface area contributed by atoms with Crippen LogP contribution in [0.4, 0.5) is 5.69 Å². The number of benzene rings is 1. The van der Waals surface area contributed by atoms with E-state index in [-0.39, 0.29) is 19.1 Å². The highest BCUT2D eigenvalue weighted by Crippen LogP contribution is 2.24. The Morgan fingerprint density at radius 2 is 2.00 bits per heavy atom. The average Bonchev–Trinajstić information content (AvgIpc) is 3.30. The van der Waals surface area contributed by atoms with Gasteiger partial charge in [-0.2, -0.15) is 10.2 Å². The Morgan fingerprint density at radius 3 is 2.74 bits per heavy atom. The Balaban J connectivity index is 1.59. The predicted octanol–water partition coefficient (Wildman–Crippen LogP) is 3.03. The molecule has 3 heterocycles. The number of nitrogens with one attached hydrogen (secondary N) is 1. The highest BCUT2D eigenvalue weighted by atomic mass is 16.5. The summed E-state index contributed by atoms with van der Waals surface area (Å²) in [5.74, 6) is -0.640. The van der Waals surface area contributed by atoms with Gasteiger partial charge in [-0.05, 0) is 45.0 Å². The molecule has 0 fully saturated rings. The smallest absolute Gasteiger partial charge is 0.343 e. The number of fused-ring (bicyclic) bond motifs is 1. The zero-order valence-electron chi connectivity index (χ0n) is 17.5. The molecular weight excluding hydrogens is 396 g/mol. The van der Waals surface area contributed by atoms with E-state index in [4.69, 9.17) is 4.74 Å². The van der Waals surface area contributed by atoms with E-state index in [2.05, 4.69) is 20.5 Å². The zero-order chi connectivity index (χ0) is 22.0. The Labute approximate surface area is 178 Å². The molecule has 4 rings (SSSR count). The largest absolute Gasteiger partial charge is 0.462 e. The van der Waals surface area contributed by atoms with Gasteiger partial charge in [-0.1, -0.05) is 12.1 Å². The summed E-state index contributed by atoms with van der Waals surface area (Å²) in [5.41, 5.74) is 4.71. The summed E-state index contributed by atoms with van der Waals surface area (Å²) in [7, 11) is 0. The fourth-order valence-corrected chi connectivity index (χ4v) is 3.39. The standard InChI is InChI=1S/C22H22N6O3/c1-4-31-22(30)18-12-24-28-19(8-9-23-21(18)28)16-6-5-7-17(11-16)25-20(29)13-27-15(3)10-14(2)26-27/h5-12H,4,13H2,1-3H3,(H,25,29). The van der Waals surface area contributed by atoms with Crippen LogP contribution in [0.5, 0.6) is 0 Å². The van der Waals surface area contributed by atoms with Crippen molar-refractivity contribution in [2.45, 2.75) is 27.3 Å². The third kappa shape index (κ3) is 4.16. The molecule has 0 bridgehead atoms. The van der Waals surface area contributed by atoms with Gasteiger partial charge in [0.25, 0.3) is 0 Å². The first-order chi connectivity index (χ1) is 15.0. The van der Waals surface area contributed by atoms with Crippen LogP contribution in [0.3, 0.4) is 0 Å². The van der Waals surface area contributed by atoms with E-state index in [9.17, 15) is 9.59 Å². The maximum absolute atomic E-state index is 12.5. The van der Waals surface area contributed by atoms with Crippen molar-refractivity contribution in [3.63, 3.8) is 0 Å². The number of esters is 1. The van der Waals surface area contributed by atoms with Gasteiger partial charge in [0.2, 0.25) is 5.91 Å². The summed E-state index contributed by atoms with van der Waals surface area (Å²) < 4.78 is 8.33. The van der Waals surface area contributed by atoms with Crippen molar-refractivity contribution < 1.29 is 14.3 Å². The van der Waals surface area contributed by atoms with Crippen LogP contribution < -0.4 is 5.32 Å². The lowest BCUT2D eigenvalue weighted by Gasteiger charge is -2.10. The predicted molar refractivity (Wildman–Crippen MR) is 115 cm³/mol. The summed E-state index contributed by atoms with van der Waals surface area (Å²) in [6.07, 6.45) is 3.06. The summed E-state index contributed by atoms with van der Waals surface area (Å²) >= 11 is 0. The van der Waals surface area contributed by atoms with Gasteiger partial charge in [-0.25, -0.2) is 14.3 Å². The molecule has 0 aliphatic heterocycles. The molecule has 1 aromatic carbocycles. The molecule has 1 N–H and O–H groups in total. The minimum Gasteiger partial charge on any atom is -0.462 e. The second kappa shape index (κ2) is 8.39. The van der Waals surface area contributed by atoms with Crippen LogP contribution in [-0.2, 0) is 16.1 Å². The summed E-state index contributed by atoms with van der Waals surface area (Å²) in [5, 5.41) is 11.5. The van der Waals surface area contributed by atoms with E-state index < -0.39 is 5.97 Å². The molecule has 9 heteroatoms. The number of aryl methyl sites for hydroxylation is 2. The molecule has 158 valence electrons. The van der Waals surface area contributed by atoms with Crippen LogP contribution in [0.2, 0.25) is 0 Å². The van der Waals surface area contributed by atoms with Crippen LogP contribution in [0.15, 0.2) is 48.8 Å². The van der Waals surface area contributed by atoms with Crippen molar-refractivity contribution in [3.8, 4) is 11.3 Å². The number of hydrogen-bond donors (Lipinski definition) is 1. The highest BCUT2D eigenvalue weighted by Gasteiger charge is 2.17. The number of hydrogen-bond acceptors (Lipinski definition) is 6. The second-order valence-corrected chi connectivity index (χ2v) is 7.06. The molecule has 31 heavy (non-hydrogen) atoms. The van der Waals surface area contributed by atoms with Crippen LogP contribution in [0.25, 0.3) is 16.9 Å². The minimum absolute atomic E-state index is 0.130. The monoisotopic (exact) mass is 418 g/mol. The van der Waals surface area contributed by atoms with Gasteiger partial charge < -0.3 is 10.1 Å². The molecule has 9 nitrogen and oxygen atoms in total. The number of ether oxygens (including phenoxy) is 1. The topological polar surface area (TPSA) is 103 Å². The van der Waals surface area contributed by atoms with Gasteiger partial charge in [-0.3, -0.25) is 9.48 Å². The summed E-state index contributed by atoms with van der Waals surface area (Å²) in [6, 6.07) is 11.1. The van der Waals surface area contributed by atoms with Crippen molar-refractivity contribution in [1.29, 1.82) is 0 Å². The van der Waals surface area contributed by atoms with Crippen LogP contribution in [-0.4, -0.2) is 42.9 Å². The van der Waals surface area contributed by atoms with Crippen LogP contribution in [0.1, 0.15) is 28.7 Å². The Kier molecular flexibility index (Phi) is 5.48. The number of rotatable bonds is 6. The highest BCUT2D eigenvalue weighted by molar-refractivity contribution is 5.96. The molecule has 3 aromatic heterocycles. The van der Waals surface area contributed by atoms with Crippen molar-refractivity contribution in [1.82, 2.24) is 24.4 Å². The number of carbonyl (C=O) groups excluding carboxylic acids is 2. The van der Waals surface area contributed by atoms with E-state index >= 15 is 0 Å². The average molecular weight is 418 g/mol. The van der Waals surface area contributed by atoms with Crippen molar-refractivity contribution in [2.75, 3.05) is 11.9 Å². The van der Waals surface area contributed by atoms with Crippen LogP contribution >= 0.6 is 0 Å². The van der Waals surface area contributed by atoms with E-state index in [1.54, 1.807) is 28.4 Å². The Hall–Kier alpha value is -4.01. The third-order valence-corrected chi connectivity index (χ3v) is 4.74. The molecule has 0 saturated heterocycles. The van der Waals surface area contributed by atoms with E-state index in [0.717, 1.165) is 22.6 Å². The fraction of sp³-hybridized carbons (Fsp3) is 0.227. The van der Waals surface area contributed by atoms with Gasteiger partial charge in [-0.15, -0.1) is 0 Å². The van der Waals surface area contributed by atoms with Crippen molar-refractivity contribution >= 4 is 23.2 Å². The molecule has 4 aromatic rings. The van der Waals surface area contributed by atoms with Gasteiger partial charge in [0.15, 0.2) is 5.65 Å². The lowest BCUT2D eigenvalue weighted by Crippen LogP contribution is -2.20. The number of carbonyl (C=O) groups is 2. The SMILES string of the molecule is CCOC(=O)c1cnn2c(-c3cccc(NC(=O)Cn4nc(C)cc4C)c3)ccnc12. The normalized spacial score (nSPS) is 10.9. The van der Waals surface area contributed by atoms with Gasteiger partial charge >= 0.3 is 5.97 Å². The first-order valence-corrected chi connectivity index (χ1v) is 9.87. The lowest BCUT2D eigenvalue weighted by atomic mass is 10.1. The quantitative estimate of drug-likeness (QED) is 0.483. The first-order valence-electron chi connectivity index (χ1n) is 9.87.